The number of ether oxygens (including phenoxy) is 1. The van der Waals surface area contributed by atoms with Gasteiger partial charge >= 0.3 is 0 Å². The van der Waals surface area contributed by atoms with Crippen LogP contribution in [-0.4, -0.2) is 47.4 Å². The summed E-state index contributed by atoms with van der Waals surface area (Å²) >= 11 is 0. The topological polar surface area (TPSA) is 49.9 Å². The molecule has 0 unspecified atom stereocenters. The van der Waals surface area contributed by atoms with Crippen LogP contribution in [0.4, 0.5) is 0 Å². The van der Waals surface area contributed by atoms with Crippen molar-refractivity contribution in [3.8, 4) is 5.75 Å². The molecule has 3 aliphatic heterocycles. The maximum atomic E-state index is 12.9. The Morgan fingerprint density at radius 2 is 1.59 bits per heavy atom. The van der Waals surface area contributed by atoms with E-state index in [-0.39, 0.29) is 17.9 Å². The van der Waals surface area contributed by atoms with E-state index in [0.29, 0.717) is 35.5 Å². The largest absolute Gasteiger partial charge is 0.497 e. The van der Waals surface area contributed by atoms with E-state index in [1.807, 2.05) is 24.3 Å². The number of benzene rings is 2. The third-order valence-corrected chi connectivity index (χ3v) is 7.17. The molecule has 150 valence electrons. The molecule has 5 heteroatoms. The second-order valence-electron chi connectivity index (χ2n) is 8.60. The first-order valence-electron chi connectivity index (χ1n) is 10.4. The molecule has 2 atom stereocenters. The highest BCUT2D eigenvalue weighted by atomic mass is 16.5. The Labute approximate surface area is 171 Å². The van der Waals surface area contributed by atoms with E-state index in [1.54, 1.807) is 19.2 Å². The fourth-order valence-corrected chi connectivity index (χ4v) is 5.27. The number of hydrogen-bond donors (Lipinski definition) is 0. The van der Waals surface area contributed by atoms with Crippen molar-refractivity contribution in [3.63, 3.8) is 0 Å². The van der Waals surface area contributed by atoms with E-state index in [4.69, 9.17) is 4.74 Å². The average Bonchev–Trinajstić information content (AvgIpc) is 2.95. The Bertz CT molecular complexity index is 914. The normalized spacial score (nSPS) is 28.3. The second-order valence-corrected chi connectivity index (χ2v) is 8.60. The lowest BCUT2D eigenvalue weighted by Gasteiger charge is -2.58. The summed E-state index contributed by atoms with van der Waals surface area (Å²) in [5.74, 6) is 1.71. The number of fused-ring (bicyclic) bond motifs is 3. The van der Waals surface area contributed by atoms with Crippen molar-refractivity contribution in [2.24, 2.45) is 11.8 Å². The quantitative estimate of drug-likeness (QED) is 0.732. The lowest BCUT2D eigenvalue weighted by atomic mass is 9.64. The highest BCUT2D eigenvalue weighted by Gasteiger charge is 2.50. The van der Waals surface area contributed by atoms with Gasteiger partial charge in [-0.1, -0.05) is 31.2 Å². The molecule has 3 fully saturated rings. The van der Waals surface area contributed by atoms with E-state index in [9.17, 15) is 9.59 Å². The lowest BCUT2D eigenvalue weighted by molar-refractivity contribution is -0.0842. The standard InChI is InChI=1S/C24H26N2O3/c1-15-17-11-18(12-17)25(13-16-7-9-19(29-2)10-8-16)22(15)14-26-23(27)20-5-3-4-6-21(20)24(26)28/h3-10,15,17-18,22H,11-14H2,1-2H3/t15-,17?,18?,22+/m0/s1. The van der Waals surface area contributed by atoms with Gasteiger partial charge in [-0.3, -0.25) is 19.4 Å². The van der Waals surface area contributed by atoms with Crippen LogP contribution in [0.15, 0.2) is 48.5 Å². The van der Waals surface area contributed by atoms with Crippen LogP contribution in [0.2, 0.25) is 0 Å². The summed E-state index contributed by atoms with van der Waals surface area (Å²) in [4.78, 5) is 29.8. The van der Waals surface area contributed by atoms with E-state index in [1.165, 1.54) is 23.3 Å². The van der Waals surface area contributed by atoms with Crippen molar-refractivity contribution in [3.05, 3.63) is 65.2 Å². The van der Waals surface area contributed by atoms with Gasteiger partial charge in [0.15, 0.2) is 0 Å². The van der Waals surface area contributed by atoms with Crippen LogP contribution in [-0.2, 0) is 6.54 Å². The molecule has 0 radical (unpaired) electrons. The third-order valence-electron chi connectivity index (χ3n) is 7.17. The molecule has 1 aliphatic carbocycles. The summed E-state index contributed by atoms with van der Waals surface area (Å²) < 4.78 is 5.27. The molecule has 5 nitrogen and oxygen atoms in total. The minimum atomic E-state index is -0.151. The maximum absolute atomic E-state index is 12.9. The maximum Gasteiger partial charge on any atom is 0.261 e. The van der Waals surface area contributed by atoms with Gasteiger partial charge in [0.25, 0.3) is 11.8 Å². The molecular formula is C24H26N2O3. The average molecular weight is 390 g/mol. The molecular weight excluding hydrogens is 364 g/mol. The third kappa shape index (κ3) is 2.96. The van der Waals surface area contributed by atoms with Gasteiger partial charge in [-0.05, 0) is 54.5 Å². The van der Waals surface area contributed by atoms with Crippen LogP contribution >= 0.6 is 0 Å². The molecule has 1 saturated carbocycles. The Balaban J connectivity index is 1.38. The minimum Gasteiger partial charge on any atom is -0.497 e. The number of amides is 2. The van der Waals surface area contributed by atoms with Crippen molar-refractivity contribution in [2.75, 3.05) is 13.7 Å². The lowest BCUT2D eigenvalue weighted by Crippen LogP contribution is -2.63. The SMILES string of the molecule is COc1ccc(CN2C3CC(C3)[C@H](C)[C@H]2CN2C(=O)c3ccccc3C2=O)cc1. The van der Waals surface area contributed by atoms with Gasteiger partial charge in [-0.2, -0.15) is 0 Å². The molecule has 6 rings (SSSR count). The fourth-order valence-electron chi connectivity index (χ4n) is 5.27. The number of nitrogens with zero attached hydrogens (tertiary/aromatic N) is 2. The van der Waals surface area contributed by atoms with Gasteiger partial charge in [0.2, 0.25) is 0 Å². The second kappa shape index (κ2) is 6.99. The monoisotopic (exact) mass is 390 g/mol. The first-order valence-corrected chi connectivity index (χ1v) is 10.4. The van der Waals surface area contributed by atoms with Crippen LogP contribution in [0, 0.1) is 11.8 Å². The zero-order valence-electron chi connectivity index (χ0n) is 16.9. The summed E-state index contributed by atoms with van der Waals surface area (Å²) in [5, 5.41) is 0. The van der Waals surface area contributed by atoms with E-state index < -0.39 is 0 Å². The zero-order valence-corrected chi connectivity index (χ0v) is 16.9. The molecule has 2 aromatic carbocycles. The molecule has 29 heavy (non-hydrogen) atoms. The molecule has 4 aliphatic rings. The predicted molar refractivity (Wildman–Crippen MR) is 110 cm³/mol. The highest BCUT2D eigenvalue weighted by molar-refractivity contribution is 6.21. The van der Waals surface area contributed by atoms with E-state index >= 15 is 0 Å². The number of imide groups is 1. The van der Waals surface area contributed by atoms with E-state index in [2.05, 4.69) is 24.0 Å². The smallest absolute Gasteiger partial charge is 0.261 e. The Morgan fingerprint density at radius 3 is 2.17 bits per heavy atom. The molecule has 2 bridgehead atoms. The molecule has 3 heterocycles. The summed E-state index contributed by atoms with van der Waals surface area (Å²) in [7, 11) is 1.67. The van der Waals surface area contributed by atoms with Crippen molar-refractivity contribution in [2.45, 2.75) is 38.4 Å². The van der Waals surface area contributed by atoms with Crippen molar-refractivity contribution < 1.29 is 14.3 Å². The van der Waals surface area contributed by atoms with Gasteiger partial charge in [-0.15, -0.1) is 0 Å². The molecule has 0 N–H and O–H groups in total. The number of methoxy groups -OCH3 is 1. The molecule has 2 aromatic rings. The first kappa shape index (κ1) is 18.4. The van der Waals surface area contributed by atoms with Gasteiger partial charge in [-0.25, -0.2) is 0 Å². The number of rotatable bonds is 5. The Hall–Kier alpha value is -2.66. The van der Waals surface area contributed by atoms with Gasteiger partial charge in [0.1, 0.15) is 5.75 Å². The molecule has 2 amide bonds. The van der Waals surface area contributed by atoms with Crippen LogP contribution in [0.1, 0.15) is 46.0 Å². The molecule has 0 aromatic heterocycles. The first-order chi connectivity index (χ1) is 14.1. The van der Waals surface area contributed by atoms with Gasteiger partial charge < -0.3 is 4.74 Å². The van der Waals surface area contributed by atoms with Crippen LogP contribution in [0.3, 0.4) is 0 Å². The Kier molecular flexibility index (Phi) is 4.43. The number of carbonyl (C=O) groups excluding carboxylic acids is 2. The molecule has 2 saturated heterocycles. The van der Waals surface area contributed by atoms with Crippen molar-refractivity contribution >= 4 is 11.8 Å². The number of hydrogen-bond acceptors (Lipinski definition) is 4. The highest BCUT2D eigenvalue weighted by Crippen LogP contribution is 2.47. The van der Waals surface area contributed by atoms with Gasteiger partial charge in [0, 0.05) is 25.2 Å². The summed E-state index contributed by atoms with van der Waals surface area (Å²) in [5.41, 5.74) is 2.30. The predicted octanol–water partition coefficient (Wildman–Crippen LogP) is 3.59. The van der Waals surface area contributed by atoms with Crippen LogP contribution in [0.25, 0.3) is 0 Å². The Morgan fingerprint density at radius 1 is 0.966 bits per heavy atom. The minimum absolute atomic E-state index is 0.151. The fraction of sp³-hybridized carbons (Fsp3) is 0.417. The number of piperidine rings is 2. The number of carbonyl (C=O) groups is 2. The van der Waals surface area contributed by atoms with Crippen LogP contribution in [0.5, 0.6) is 5.75 Å². The summed E-state index contributed by atoms with van der Waals surface area (Å²) in [6.45, 7) is 3.58. The van der Waals surface area contributed by atoms with Crippen LogP contribution < -0.4 is 4.74 Å². The van der Waals surface area contributed by atoms with E-state index in [0.717, 1.165) is 12.3 Å². The summed E-state index contributed by atoms with van der Waals surface area (Å²) in [6, 6.07) is 16.1. The zero-order chi connectivity index (χ0) is 20.1. The summed E-state index contributed by atoms with van der Waals surface area (Å²) in [6.07, 6.45) is 2.44. The molecule has 0 spiro atoms. The van der Waals surface area contributed by atoms with Crippen molar-refractivity contribution in [1.29, 1.82) is 0 Å². The van der Waals surface area contributed by atoms with Gasteiger partial charge in [0.05, 0.1) is 18.2 Å². The van der Waals surface area contributed by atoms with Crippen molar-refractivity contribution in [1.82, 2.24) is 9.80 Å².